The predicted octanol–water partition coefficient (Wildman–Crippen LogP) is 15.3. The van der Waals surface area contributed by atoms with Crippen LogP contribution in [0.3, 0.4) is 0 Å². The molecule has 6 aliphatic rings. The monoisotopic (exact) mass is 1640 g/mol. The Morgan fingerprint density at radius 2 is 0.761 bits per heavy atom. The number of hydrogen-bond acceptors (Lipinski definition) is 15. The van der Waals surface area contributed by atoms with Gasteiger partial charge in [-0.25, -0.2) is 43.1 Å². The maximum Gasteiger partial charge on any atom is 0.413 e. The minimum absolute atomic E-state index is 0.0144. The maximum absolute atomic E-state index is 13.9. The highest BCUT2D eigenvalue weighted by Gasteiger charge is 2.49. The summed E-state index contributed by atoms with van der Waals surface area (Å²) in [5, 5.41) is 13.6. The molecule has 0 spiro atoms. The SMILES string of the molecule is CC1(c2cccc(F)c2)NC(=O)c2c(Cl)cc(Br)c(=O)n21.CC1(c2cccc(F)c2)NC(=O)c2c(Cl)cc(Nc3cc(/C=C(/C4CC4)C(F)(F)F)ncn3)c(=O)n21.CC1(c2cccc(F)c2)NC(=O)c2c(Cl)cc(Nc3cc(/C=C(/C4CC4)C(F)(F)F)ncn3)c(=O)n21.Nc1cc(/C=C(/C2CC2)C(F)(F)F)ncn1. The normalized spacial score (nSPS) is 19.5. The number of allylic oxidation sites excluding steroid dienone is 3. The molecule has 3 atom stereocenters. The Morgan fingerprint density at radius 1 is 0.459 bits per heavy atom. The highest BCUT2D eigenvalue weighted by atomic mass is 79.9. The summed E-state index contributed by atoms with van der Waals surface area (Å²) >= 11 is 21.9. The molecule has 9 heterocycles. The molecule has 3 saturated carbocycles. The number of nitrogen functional groups attached to an aromatic ring is 1. The van der Waals surface area contributed by atoms with Crippen LogP contribution in [0.1, 0.15) is 125 Å². The number of anilines is 5. The second kappa shape index (κ2) is 29.7. The largest absolute Gasteiger partial charge is 0.413 e. The van der Waals surface area contributed by atoms with Crippen molar-refractivity contribution in [2.24, 2.45) is 17.8 Å². The molecule has 566 valence electrons. The number of benzene rings is 3. The lowest BCUT2D eigenvalue weighted by Gasteiger charge is -2.28. The Labute approximate surface area is 631 Å². The van der Waals surface area contributed by atoms with E-state index in [-0.39, 0.29) is 88.5 Å². The number of aromatic nitrogens is 9. The van der Waals surface area contributed by atoms with Gasteiger partial charge in [-0.3, -0.25) is 42.5 Å². The lowest BCUT2D eigenvalue weighted by atomic mass is 10.0. The molecule has 0 bridgehead atoms. The molecular formula is C72H55BrCl3F12N15O6. The second-order valence-electron chi connectivity index (χ2n) is 26.1. The zero-order valence-electron chi connectivity index (χ0n) is 56.4. The quantitative estimate of drug-likeness (QED) is 0.0585. The molecule has 3 aliphatic carbocycles. The Kier molecular flexibility index (Phi) is 21.2. The van der Waals surface area contributed by atoms with Crippen LogP contribution in [0.2, 0.25) is 15.1 Å². The minimum Gasteiger partial charge on any atom is -0.384 e. The highest BCUT2D eigenvalue weighted by Crippen LogP contribution is 2.48. The Hall–Kier alpha value is -10.7. The van der Waals surface area contributed by atoms with E-state index in [1.807, 2.05) is 0 Å². The Morgan fingerprint density at radius 3 is 1.06 bits per heavy atom. The number of nitrogens with zero attached hydrogens (tertiary/aromatic N) is 9. The average Bonchev–Trinajstić information content (AvgIpc) is 1.61. The van der Waals surface area contributed by atoms with Crippen molar-refractivity contribution in [3.8, 4) is 0 Å². The molecule has 7 N–H and O–H groups in total. The topological polar surface area (TPSA) is 281 Å². The van der Waals surface area contributed by atoms with E-state index in [2.05, 4.69) is 72.4 Å². The van der Waals surface area contributed by atoms with Gasteiger partial charge in [0.25, 0.3) is 34.4 Å². The van der Waals surface area contributed by atoms with Crippen LogP contribution in [-0.4, -0.2) is 79.9 Å². The molecule has 3 aliphatic heterocycles. The van der Waals surface area contributed by atoms with Crippen LogP contribution in [0, 0.1) is 35.2 Å². The van der Waals surface area contributed by atoms with E-state index >= 15 is 0 Å². The van der Waals surface area contributed by atoms with E-state index in [4.69, 9.17) is 40.5 Å². The van der Waals surface area contributed by atoms with Gasteiger partial charge in [0, 0.05) is 51.6 Å². The molecule has 3 fully saturated rings. The van der Waals surface area contributed by atoms with Crippen molar-refractivity contribution in [1.29, 1.82) is 0 Å². The van der Waals surface area contributed by atoms with Gasteiger partial charge in [-0.1, -0.05) is 71.2 Å². The fraction of sp³-hybridized carbons (Fsp3) is 0.250. The molecule has 3 amide bonds. The standard InChI is InChI=1S/2C24H18ClF4N5O2.C14H9BrClFN2O2.C10H10F3N3/c2*1-23(13-3-2-4-14(26)7-13)33-21(35)20-17(25)10-18(22(36)34(20)23)32-19-9-15(30-11-31-19)8-16(12-5-6-12)24(27,28)29;1-14(7-3-2-4-8(17)5-7)18-12(20)11-10(16)6-9(15)13(21)19(11)14;11-10(12,13)8(6-1-2-6)3-7-4-9(14)16-5-15-7/h2*2-4,7-12H,5-6H2,1H3,(H,33,35)(H,30,31,32);2-6H,1H3,(H,18,20);3-6H,1-2H2,(H2,14,15,16)/b2*16-8-;;8-3-. The third-order valence-electron chi connectivity index (χ3n) is 18.2. The number of amides is 3. The first-order chi connectivity index (χ1) is 51.2. The Bertz CT molecular complexity index is 5270. The maximum atomic E-state index is 13.9. The molecule has 0 saturated heterocycles. The number of alkyl halides is 9. The first-order valence-corrected chi connectivity index (χ1v) is 34.6. The van der Waals surface area contributed by atoms with E-state index in [1.54, 1.807) is 25.1 Å². The van der Waals surface area contributed by atoms with E-state index in [1.165, 1.54) is 109 Å². The molecule has 21 nitrogen and oxygen atoms in total. The third-order valence-corrected chi connectivity index (χ3v) is 19.6. The van der Waals surface area contributed by atoms with Crippen molar-refractivity contribution < 1.29 is 67.1 Å². The first-order valence-electron chi connectivity index (χ1n) is 32.7. The third kappa shape index (κ3) is 16.5. The molecule has 3 aromatic carbocycles. The van der Waals surface area contributed by atoms with Gasteiger partial charge in [0.15, 0.2) is 0 Å². The summed E-state index contributed by atoms with van der Waals surface area (Å²) in [5.74, 6) is -4.51. The van der Waals surface area contributed by atoms with E-state index in [0.717, 1.165) is 46.3 Å². The van der Waals surface area contributed by atoms with Gasteiger partial charge in [-0.05, 0) is 166 Å². The van der Waals surface area contributed by atoms with Gasteiger partial charge in [0.1, 0.15) is 99.3 Å². The van der Waals surface area contributed by atoms with Crippen LogP contribution in [0.25, 0.3) is 18.2 Å². The number of nitrogens with one attached hydrogen (secondary N) is 5. The number of rotatable bonds is 13. The van der Waals surface area contributed by atoms with Gasteiger partial charge in [0.2, 0.25) is 0 Å². The molecule has 9 aromatic rings. The highest BCUT2D eigenvalue weighted by molar-refractivity contribution is 9.10. The lowest BCUT2D eigenvalue weighted by Crippen LogP contribution is -2.46. The summed E-state index contributed by atoms with van der Waals surface area (Å²) in [6.45, 7) is 4.68. The van der Waals surface area contributed by atoms with Crippen LogP contribution < -0.4 is 49.0 Å². The van der Waals surface area contributed by atoms with Crippen LogP contribution in [0.15, 0.2) is 164 Å². The zero-order valence-corrected chi connectivity index (χ0v) is 60.3. The van der Waals surface area contributed by atoms with E-state index in [0.29, 0.717) is 55.2 Å². The van der Waals surface area contributed by atoms with Crippen molar-refractivity contribution in [2.75, 3.05) is 16.4 Å². The summed E-state index contributed by atoms with van der Waals surface area (Å²) in [5.41, 5.74) is -1.37. The average molecular weight is 1640 g/mol. The van der Waals surface area contributed by atoms with Gasteiger partial charge < -0.3 is 32.3 Å². The molecular weight excluding hydrogens is 1590 g/mol. The van der Waals surface area contributed by atoms with Crippen LogP contribution in [-0.2, 0) is 17.0 Å². The summed E-state index contributed by atoms with van der Waals surface area (Å²) < 4.78 is 163. The second-order valence-corrected chi connectivity index (χ2v) is 28.2. The van der Waals surface area contributed by atoms with Crippen LogP contribution >= 0.6 is 50.7 Å². The lowest BCUT2D eigenvalue weighted by molar-refractivity contribution is -0.0953. The van der Waals surface area contributed by atoms with Gasteiger partial charge in [0.05, 0.1) is 36.6 Å². The van der Waals surface area contributed by atoms with Crippen molar-refractivity contribution in [2.45, 2.75) is 94.8 Å². The van der Waals surface area contributed by atoms with E-state index < -0.39 is 116 Å². The Balaban J connectivity index is 0.000000142. The van der Waals surface area contributed by atoms with E-state index in [9.17, 15) is 81.5 Å². The molecule has 0 radical (unpaired) electrons. The molecule has 37 heteroatoms. The number of halogens is 16. The summed E-state index contributed by atoms with van der Waals surface area (Å²) in [7, 11) is 0. The van der Waals surface area contributed by atoms with Crippen molar-refractivity contribution in [1.82, 2.24) is 59.6 Å². The molecule has 109 heavy (non-hydrogen) atoms. The van der Waals surface area contributed by atoms with Gasteiger partial charge >= 0.3 is 18.5 Å². The number of nitrogens with two attached hydrogens (primary N) is 1. The number of carbonyl (C=O) groups is 3. The number of fused-ring (bicyclic) bond motifs is 3. The van der Waals surface area contributed by atoms with Gasteiger partial charge in [-0.15, -0.1) is 0 Å². The number of carbonyl (C=O) groups excluding carboxylic acids is 3. The smallest absolute Gasteiger partial charge is 0.384 e. The molecule has 3 unspecified atom stereocenters. The molecule has 15 rings (SSSR count). The fourth-order valence-corrected chi connectivity index (χ4v) is 13.9. The fourth-order valence-electron chi connectivity index (χ4n) is 12.5. The summed E-state index contributed by atoms with van der Waals surface area (Å²) in [6.07, 6.45) is -3.94. The van der Waals surface area contributed by atoms with Crippen LogP contribution in [0.5, 0.6) is 0 Å². The summed E-state index contributed by atoms with van der Waals surface area (Å²) in [4.78, 5) is 100. The number of hydrogen-bond donors (Lipinski definition) is 6. The summed E-state index contributed by atoms with van der Waals surface area (Å²) in [6, 6.07) is 24.3. The number of pyridine rings is 3. The predicted molar refractivity (Wildman–Crippen MR) is 382 cm³/mol. The van der Waals surface area contributed by atoms with Crippen molar-refractivity contribution >= 4 is 116 Å². The van der Waals surface area contributed by atoms with Crippen molar-refractivity contribution in [3.63, 3.8) is 0 Å². The van der Waals surface area contributed by atoms with Crippen molar-refractivity contribution in [3.05, 3.63) is 264 Å². The molecule has 6 aromatic heterocycles. The van der Waals surface area contributed by atoms with Crippen LogP contribution in [0.4, 0.5) is 81.5 Å². The van der Waals surface area contributed by atoms with Gasteiger partial charge in [-0.2, -0.15) is 39.5 Å². The minimum atomic E-state index is -4.48. The zero-order chi connectivity index (χ0) is 78.8. The first kappa shape index (κ1) is 77.9.